The van der Waals surface area contributed by atoms with Crippen LogP contribution in [-0.4, -0.2) is 19.7 Å². The minimum atomic E-state index is -3.33. The molecule has 0 aliphatic heterocycles. The van der Waals surface area contributed by atoms with E-state index in [0.717, 1.165) is 11.0 Å². The molecule has 0 unspecified atom stereocenters. The molecule has 4 N–H and O–H groups in total. The number of sulfonamides is 1. The standard InChI is InChI=1S/C8H9ClN4O2S2/c1-17(14,15)13-4-2-5(9)7-6(3-4)16-8(11-7)12-10/h2-3,13H,10H2,1H3,(H,11,12). The maximum absolute atomic E-state index is 11.1. The monoisotopic (exact) mass is 292 g/mol. The van der Waals surface area contributed by atoms with Gasteiger partial charge in [0, 0.05) is 0 Å². The second kappa shape index (κ2) is 4.30. The van der Waals surface area contributed by atoms with E-state index in [1.807, 2.05) is 0 Å². The average molecular weight is 293 g/mol. The number of halogens is 1. The molecule has 2 rings (SSSR count). The average Bonchev–Trinajstić information content (AvgIpc) is 2.58. The van der Waals surface area contributed by atoms with E-state index >= 15 is 0 Å². The third-order valence-electron chi connectivity index (χ3n) is 1.88. The molecular weight excluding hydrogens is 284 g/mol. The molecule has 6 nitrogen and oxygen atoms in total. The Labute approximate surface area is 107 Å². The first-order valence-electron chi connectivity index (χ1n) is 4.43. The van der Waals surface area contributed by atoms with E-state index in [1.54, 1.807) is 6.07 Å². The van der Waals surface area contributed by atoms with Crippen molar-refractivity contribution in [2.24, 2.45) is 5.84 Å². The van der Waals surface area contributed by atoms with Gasteiger partial charge >= 0.3 is 0 Å². The summed E-state index contributed by atoms with van der Waals surface area (Å²) in [6.07, 6.45) is 1.07. The Morgan fingerprint density at radius 3 is 2.76 bits per heavy atom. The number of hydrazine groups is 1. The van der Waals surface area contributed by atoms with Crippen molar-refractivity contribution in [3.63, 3.8) is 0 Å². The van der Waals surface area contributed by atoms with Gasteiger partial charge in [0.25, 0.3) is 0 Å². The van der Waals surface area contributed by atoms with Crippen molar-refractivity contribution in [1.82, 2.24) is 4.98 Å². The number of benzene rings is 1. The first kappa shape index (κ1) is 12.4. The topological polar surface area (TPSA) is 97.1 Å². The molecule has 0 fully saturated rings. The number of nitrogen functional groups attached to an aromatic ring is 1. The van der Waals surface area contributed by atoms with Crippen LogP contribution in [0.2, 0.25) is 5.02 Å². The third kappa shape index (κ3) is 2.78. The van der Waals surface area contributed by atoms with Crippen LogP contribution in [0.1, 0.15) is 0 Å². The second-order valence-electron chi connectivity index (χ2n) is 3.34. The smallest absolute Gasteiger partial charge is 0.229 e. The van der Waals surface area contributed by atoms with Gasteiger partial charge in [0.05, 0.1) is 21.7 Å². The highest BCUT2D eigenvalue weighted by atomic mass is 35.5. The number of hydrogen-bond donors (Lipinski definition) is 3. The summed E-state index contributed by atoms with van der Waals surface area (Å²) < 4.78 is 25.3. The molecule has 1 aromatic heterocycles. The van der Waals surface area contributed by atoms with Crippen LogP contribution in [0.15, 0.2) is 12.1 Å². The maximum Gasteiger partial charge on any atom is 0.229 e. The van der Waals surface area contributed by atoms with Crippen LogP contribution in [0, 0.1) is 0 Å². The number of nitrogens with one attached hydrogen (secondary N) is 2. The van der Waals surface area contributed by atoms with Crippen LogP contribution in [0.4, 0.5) is 10.8 Å². The zero-order valence-corrected chi connectivity index (χ0v) is 11.1. The molecule has 0 saturated carbocycles. The molecule has 0 amide bonds. The number of fused-ring (bicyclic) bond motifs is 1. The number of nitrogens with zero attached hydrogens (tertiary/aromatic N) is 1. The Balaban J connectivity index is 2.54. The summed E-state index contributed by atoms with van der Waals surface area (Å²) in [5.74, 6) is 5.25. The summed E-state index contributed by atoms with van der Waals surface area (Å²) >= 11 is 7.29. The van der Waals surface area contributed by atoms with Crippen molar-refractivity contribution in [3.8, 4) is 0 Å². The first-order chi connectivity index (χ1) is 7.89. The highest BCUT2D eigenvalue weighted by Gasteiger charge is 2.10. The Morgan fingerprint density at radius 1 is 1.47 bits per heavy atom. The van der Waals surface area contributed by atoms with Crippen molar-refractivity contribution < 1.29 is 8.42 Å². The van der Waals surface area contributed by atoms with Crippen LogP contribution in [-0.2, 0) is 10.0 Å². The lowest BCUT2D eigenvalue weighted by Gasteiger charge is -2.03. The summed E-state index contributed by atoms with van der Waals surface area (Å²) in [6, 6.07) is 3.16. The van der Waals surface area contributed by atoms with Crippen molar-refractivity contribution in [1.29, 1.82) is 0 Å². The highest BCUT2D eigenvalue weighted by Crippen LogP contribution is 2.33. The van der Waals surface area contributed by atoms with Crippen molar-refractivity contribution in [2.45, 2.75) is 0 Å². The van der Waals surface area contributed by atoms with Crippen LogP contribution in [0.25, 0.3) is 10.2 Å². The van der Waals surface area contributed by atoms with Gasteiger partial charge in [-0.15, -0.1) is 0 Å². The number of thiazole rings is 1. The zero-order valence-electron chi connectivity index (χ0n) is 8.69. The number of anilines is 2. The number of rotatable bonds is 3. The molecular formula is C8H9ClN4O2S2. The summed E-state index contributed by atoms with van der Waals surface area (Å²) in [5, 5.41) is 0.879. The fraction of sp³-hybridized carbons (Fsp3) is 0.125. The minimum Gasteiger partial charge on any atom is -0.300 e. The van der Waals surface area contributed by atoms with Crippen molar-refractivity contribution in [3.05, 3.63) is 17.2 Å². The van der Waals surface area contributed by atoms with E-state index in [1.165, 1.54) is 17.4 Å². The van der Waals surface area contributed by atoms with E-state index in [9.17, 15) is 8.42 Å². The van der Waals surface area contributed by atoms with Crippen LogP contribution < -0.4 is 16.0 Å². The first-order valence-corrected chi connectivity index (χ1v) is 7.52. The Bertz CT molecular complexity index is 667. The van der Waals surface area contributed by atoms with Gasteiger partial charge in [-0.25, -0.2) is 19.2 Å². The molecule has 92 valence electrons. The van der Waals surface area contributed by atoms with E-state index in [4.69, 9.17) is 17.4 Å². The van der Waals surface area contributed by atoms with Gasteiger partial charge in [-0.3, -0.25) is 10.1 Å². The van der Waals surface area contributed by atoms with E-state index < -0.39 is 10.0 Å². The number of hydrogen-bond acceptors (Lipinski definition) is 6. The van der Waals surface area contributed by atoms with Gasteiger partial charge in [0.2, 0.25) is 10.0 Å². The van der Waals surface area contributed by atoms with Gasteiger partial charge < -0.3 is 0 Å². The summed E-state index contributed by atoms with van der Waals surface area (Å²) in [6.45, 7) is 0. The largest absolute Gasteiger partial charge is 0.300 e. The van der Waals surface area contributed by atoms with Gasteiger partial charge in [-0.1, -0.05) is 22.9 Å². The van der Waals surface area contributed by atoms with Gasteiger partial charge in [-0.05, 0) is 12.1 Å². The lowest BCUT2D eigenvalue weighted by atomic mass is 10.3. The predicted octanol–water partition coefficient (Wildman–Crippen LogP) is 1.61. The van der Waals surface area contributed by atoms with Gasteiger partial charge in [0.1, 0.15) is 5.52 Å². The van der Waals surface area contributed by atoms with E-state index in [-0.39, 0.29) is 0 Å². The van der Waals surface area contributed by atoms with Gasteiger partial charge in [-0.2, -0.15) is 0 Å². The molecule has 0 aliphatic carbocycles. The number of aromatic nitrogens is 1. The minimum absolute atomic E-state index is 0.367. The fourth-order valence-corrected chi connectivity index (χ4v) is 3.03. The molecule has 1 aromatic carbocycles. The molecule has 0 saturated heterocycles. The molecule has 0 aliphatic rings. The number of nitrogens with two attached hydrogens (primary N) is 1. The van der Waals surface area contributed by atoms with Crippen molar-refractivity contribution in [2.75, 3.05) is 16.4 Å². The SMILES string of the molecule is CS(=O)(=O)Nc1cc(Cl)c2nc(NN)sc2c1. The van der Waals surface area contributed by atoms with Crippen LogP contribution in [0.3, 0.4) is 0 Å². The van der Waals surface area contributed by atoms with E-state index in [2.05, 4.69) is 15.1 Å². The van der Waals surface area contributed by atoms with Crippen LogP contribution in [0.5, 0.6) is 0 Å². The molecule has 0 radical (unpaired) electrons. The predicted molar refractivity (Wildman–Crippen MR) is 70.9 cm³/mol. The van der Waals surface area contributed by atoms with E-state index in [0.29, 0.717) is 21.4 Å². The molecule has 0 spiro atoms. The zero-order chi connectivity index (χ0) is 12.6. The quantitative estimate of drug-likeness (QED) is 0.590. The maximum atomic E-state index is 11.1. The third-order valence-corrected chi connectivity index (χ3v) is 3.70. The Hall–Kier alpha value is -1.09. The van der Waals surface area contributed by atoms with Crippen LogP contribution >= 0.6 is 22.9 Å². The molecule has 2 aromatic rings. The highest BCUT2D eigenvalue weighted by molar-refractivity contribution is 7.92. The molecule has 9 heteroatoms. The molecule has 1 heterocycles. The molecule has 0 atom stereocenters. The molecule has 17 heavy (non-hydrogen) atoms. The summed E-state index contributed by atoms with van der Waals surface area (Å²) in [7, 11) is -3.33. The fourth-order valence-electron chi connectivity index (χ4n) is 1.32. The summed E-state index contributed by atoms with van der Waals surface area (Å²) in [4.78, 5) is 4.14. The van der Waals surface area contributed by atoms with Crippen molar-refractivity contribution >= 4 is 54.0 Å². The Morgan fingerprint density at radius 2 is 2.18 bits per heavy atom. The molecule has 0 bridgehead atoms. The Kier molecular flexibility index (Phi) is 3.13. The second-order valence-corrected chi connectivity index (χ2v) is 6.53. The van der Waals surface area contributed by atoms with Gasteiger partial charge in [0.15, 0.2) is 5.13 Å². The lowest BCUT2D eigenvalue weighted by molar-refractivity contribution is 0.607. The normalized spacial score (nSPS) is 11.7. The summed E-state index contributed by atoms with van der Waals surface area (Å²) in [5.41, 5.74) is 3.41. The lowest BCUT2D eigenvalue weighted by Crippen LogP contribution is -2.09.